The number of nitrogens with one attached hydrogen (secondary N) is 1. The standard InChI is InChI=1S/C19H19NO4S2/c1-24-11-12-8-15(18(22)23)10-16(9-12)20-17(21)13-2-4-14(5-3-13)19-25-6-7-26-19/h2-5,8-10,19H,6-7,11H2,1H3,(H,20,21)(H,22,23). The van der Waals surface area contributed by atoms with Crippen molar-refractivity contribution >= 4 is 41.1 Å². The third-order valence-electron chi connectivity index (χ3n) is 3.88. The van der Waals surface area contributed by atoms with Gasteiger partial charge in [-0.15, -0.1) is 23.5 Å². The zero-order valence-electron chi connectivity index (χ0n) is 14.2. The monoisotopic (exact) mass is 389 g/mol. The Kier molecular flexibility index (Phi) is 6.24. The van der Waals surface area contributed by atoms with Crippen LogP contribution in [-0.2, 0) is 11.3 Å². The van der Waals surface area contributed by atoms with Gasteiger partial charge < -0.3 is 15.2 Å². The van der Waals surface area contributed by atoms with E-state index in [1.54, 1.807) is 18.2 Å². The first kappa shape index (κ1) is 18.8. The molecule has 0 atom stereocenters. The Bertz CT molecular complexity index is 802. The van der Waals surface area contributed by atoms with E-state index in [1.165, 1.54) is 24.8 Å². The third kappa shape index (κ3) is 4.60. The van der Waals surface area contributed by atoms with Crippen LogP contribution in [0.2, 0.25) is 0 Å². The van der Waals surface area contributed by atoms with Gasteiger partial charge in [-0.25, -0.2) is 4.79 Å². The molecule has 1 aliphatic rings. The summed E-state index contributed by atoms with van der Waals surface area (Å²) in [6.45, 7) is 0.273. The first-order valence-corrected chi connectivity index (χ1v) is 10.2. The number of thioether (sulfide) groups is 2. The number of carboxylic acid groups (broad SMARTS) is 1. The Morgan fingerprint density at radius 2 is 1.81 bits per heavy atom. The van der Waals surface area contributed by atoms with Crippen molar-refractivity contribution in [2.75, 3.05) is 23.9 Å². The van der Waals surface area contributed by atoms with Crippen LogP contribution in [0.3, 0.4) is 0 Å². The number of carboxylic acids is 1. The maximum atomic E-state index is 12.5. The Morgan fingerprint density at radius 3 is 2.42 bits per heavy atom. The number of benzene rings is 2. The van der Waals surface area contributed by atoms with Crippen LogP contribution in [0, 0.1) is 0 Å². The number of anilines is 1. The van der Waals surface area contributed by atoms with Crippen molar-refractivity contribution in [2.24, 2.45) is 0 Å². The van der Waals surface area contributed by atoms with E-state index in [0.29, 0.717) is 21.4 Å². The summed E-state index contributed by atoms with van der Waals surface area (Å²) in [7, 11) is 1.54. The van der Waals surface area contributed by atoms with Gasteiger partial charge in [0.25, 0.3) is 5.91 Å². The molecule has 0 radical (unpaired) electrons. The number of amides is 1. The average molecular weight is 389 g/mol. The topological polar surface area (TPSA) is 75.6 Å². The number of ether oxygens (including phenoxy) is 1. The molecule has 136 valence electrons. The van der Waals surface area contributed by atoms with E-state index in [0.717, 1.165) is 11.5 Å². The van der Waals surface area contributed by atoms with Gasteiger partial charge in [0.2, 0.25) is 0 Å². The first-order valence-electron chi connectivity index (χ1n) is 8.07. The van der Waals surface area contributed by atoms with Crippen LogP contribution >= 0.6 is 23.5 Å². The van der Waals surface area contributed by atoms with Crippen LogP contribution < -0.4 is 5.32 Å². The van der Waals surface area contributed by atoms with Crippen LogP contribution in [0.15, 0.2) is 42.5 Å². The van der Waals surface area contributed by atoms with E-state index in [-0.39, 0.29) is 18.1 Å². The van der Waals surface area contributed by atoms with Crippen LogP contribution in [-0.4, -0.2) is 35.6 Å². The minimum absolute atomic E-state index is 0.112. The summed E-state index contributed by atoms with van der Waals surface area (Å²) in [4.78, 5) is 23.8. The molecule has 7 heteroatoms. The van der Waals surface area contributed by atoms with E-state index >= 15 is 0 Å². The summed E-state index contributed by atoms with van der Waals surface area (Å²) in [6, 6.07) is 12.3. The normalized spacial score (nSPS) is 14.3. The molecule has 1 fully saturated rings. The summed E-state index contributed by atoms with van der Waals surface area (Å²) in [5.41, 5.74) is 2.99. The van der Waals surface area contributed by atoms with Gasteiger partial charge in [-0.3, -0.25) is 4.79 Å². The van der Waals surface area contributed by atoms with E-state index < -0.39 is 5.97 Å². The Labute approximate surface area is 160 Å². The van der Waals surface area contributed by atoms with Gasteiger partial charge in [0.1, 0.15) is 0 Å². The largest absolute Gasteiger partial charge is 0.478 e. The minimum Gasteiger partial charge on any atom is -0.478 e. The van der Waals surface area contributed by atoms with Crippen LogP contribution in [0.5, 0.6) is 0 Å². The number of carbonyl (C=O) groups is 2. The summed E-state index contributed by atoms with van der Waals surface area (Å²) in [6.07, 6.45) is 0. The molecular weight excluding hydrogens is 370 g/mol. The molecule has 1 aliphatic heterocycles. The number of rotatable bonds is 6. The van der Waals surface area contributed by atoms with Crippen LogP contribution in [0.1, 0.15) is 36.4 Å². The second kappa shape index (κ2) is 8.62. The molecule has 0 aliphatic carbocycles. The molecule has 3 rings (SSSR count). The molecule has 0 saturated carbocycles. The van der Waals surface area contributed by atoms with Gasteiger partial charge in [0, 0.05) is 29.9 Å². The van der Waals surface area contributed by atoms with Crippen molar-refractivity contribution in [1.29, 1.82) is 0 Å². The molecule has 0 aromatic heterocycles. The quantitative estimate of drug-likeness (QED) is 0.769. The number of methoxy groups -OCH3 is 1. The average Bonchev–Trinajstić information content (AvgIpc) is 3.16. The van der Waals surface area contributed by atoms with E-state index in [2.05, 4.69) is 5.32 Å². The molecule has 1 heterocycles. The van der Waals surface area contributed by atoms with Crippen LogP contribution in [0.4, 0.5) is 5.69 Å². The van der Waals surface area contributed by atoms with Gasteiger partial charge in [0.05, 0.1) is 16.8 Å². The zero-order valence-corrected chi connectivity index (χ0v) is 15.9. The lowest BCUT2D eigenvalue weighted by Crippen LogP contribution is -2.13. The highest BCUT2D eigenvalue weighted by molar-refractivity contribution is 8.19. The lowest BCUT2D eigenvalue weighted by atomic mass is 10.1. The molecule has 1 amide bonds. The molecule has 2 aromatic carbocycles. The summed E-state index contributed by atoms with van der Waals surface area (Å²) in [5.74, 6) is 0.992. The first-order chi connectivity index (χ1) is 12.6. The fourth-order valence-electron chi connectivity index (χ4n) is 2.68. The molecule has 2 aromatic rings. The number of carbonyl (C=O) groups excluding carboxylic acids is 1. The van der Waals surface area contributed by atoms with Crippen molar-refractivity contribution in [3.63, 3.8) is 0 Å². The number of hydrogen-bond donors (Lipinski definition) is 2. The highest BCUT2D eigenvalue weighted by atomic mass is 32.2. The zero-order chi connectivity index (χ0) is 18.5. The molecule has 1 saturated heterocycles. The van der Waals surface area contributed by atoms with E-state index in [9.17, 15) is 14.7 Å². The van der Waals surface area contributed by atoms with Crippen LogP contribution in [0.25, 0.3) is 0 Å². The predicted molar refractivity (Wildman–Crippen MR) is 106 cm³/mol. The Hall–Kier alpha value is -1.96. The second-order valence-corrected chi connectivity index (χ2v) is 8.53. The predicted octanol–water partition coefficient (Wildman–Crippen LogP) is 4.26. The van der Waals surface area contributed by atoms with Crippen molar-refractivity contribution in [3.05, 3.63) is 64.7 Å². The minimum atomic E-state index is -1.05. The molecule has 5 nitrogen and oxygen atoms in total. The van der Waals surface area contributed by atoms with Gasteiger partial charge in [-0.1, -0.05) is 12.1 Å². The molecule has 26 heavy (non-hydrogen) atoms. The number of aromatic carboxylic acids is 1. The Balaban J connectivity index is 1.75. The summed E-state index contributed by atoms with van der Waals surface area (Å²) in [5, 5.41) is 12.0. The van der Waals surface area contributed by atoms with Gasteiger partial charge in [-0.2, -0.15) is 0 Å². The smallest absolute Gasteiger partial charge is 0.335 e. The lowest BCUT2D eigenvalue weighted by Gasteiger charge is -2.11. The van der Waals surface area contributed by atoms with E-state index in [1.807, 2.05) is 35.7 Å². The SMILES string of the molecule is COCc1cc(NC(=O)c2ccc(C3SCCS3)cc2)cc(C(=O)O)c1. The summed E-state index contributed by atoms with van der Waals surface area (Å²) < 4.78 is 5.50. The third-order valence-corrected chi connectivity index (χ3v) is 6.98. The molecular formula is C19H19NO4S2. The van der Waals surface area contributed by atoms with E-state index in [4.69, 9.17) is 4.74 Å². The molecule has 2 N–H and O–H groups in total. The van der Waals surface area contributed by atoms with Gasteiger partial charge in [0.15, 0.2) is 0 Å². The lowest BCUT2D eigenvalue weighted by molar-refractivity contribution is 0.0696. The molecule has 0 spiro atoms. The van der Waals surface area contributed by atoms with Crippen molar-refractivity contribution in [3.8, 4) is 0 Å². The maximum absolute atomic E-state index is 12.5. The fourth-order valence-corrected chi connectivity index (χ4v) is 5.54. The Morgan fingerprint density at radius 1 is 1.12 bits per heavy atom. The fraction of sp³-hybridized carbons (Fsp3) is 0.263. The highest BCUT2D eigenvalue weighted by Crippen LogP contribution is 2.45. The van der Waals surface area contributed by atoms with Gasteiger partial charge in [-0.05, 0) is 41.5 Å². The van der Waals surface area contributed by atoms with Crippen molar-refractivity contribution in [1.82, 2.24) is 0 Å². The second-order valence-electron chi connectivity index (χ2n) is 5.81. The number of hydrogen-bond acceptors (Lipinski definition) is 5. The molecule has 0 unspecified atom stereocenters. The highest BCUT2D eigenvalue weighted by Gasteiger charge is 2.18. The van der Waals surface area contributed by atoms with Gasteiger partial charge >= 0.3 is 5.97 Å². The molecule has 0 bridgehead atoms. The maximum Gasteiger partial charge on any atom is 0.335 e. The summed E-state index contributed by atoms with van der Waals surface area (Å²) >= 11 is 3.84. The van der Waals surface area contributed by atoms with Crippen molar-refractivity contribution < 1.29 is 19.4 Å². The van der Waals surface area contributed by atoms with Crippen molar-refractivity contribution in [2.45, 2.75) is 11.2 Å².